The summed E-state index contributed by atoms with van der Waals surface area (Å²) in [5.41, 5.74) is 5.12. The van der Waals surface area contributed by atoms with Gasteiger partial charge in [0.1, 0.15) is 23.4 Å². The van der Waals surface area contributed by atoms with Crippen molar-refractivity contribution in [2.45, 2.75) is 87.8 Å². The average molecular weight is 654 g/mol. The molecule has 3 amide bonds. The Morgan fingerprint density at radius 1 is 1.13 bits per heavy atom. The van der Waals surface area contributed by atoms with E-state index in [9.17, 15) is 22.8 Å². The van der Waals surface area contributed by atoms with Gasteiger partial charge in [-0.1, -0.05) is 44.2 Å². The Kier molecular flexibility index (Phi) is 8.75. The maximum atomic E-state index is 14.1. The number of rotatable bonds is 6. The van der Waals surface area contributed by atoms with Gasteiger partial charge in [0, 0.05) is 23.1 Å². The first-order chi connectivity index (χ1) is 21.9. The van der Waals surface area contributed by atoms with Crippen molar-refractivity contribution in [1.29, 1.82) is 0 Å². The molecule has 3 fully saturated rings. The summed E-state index contributed by atoms with van der Waals surface area (Å²) in [6.07, 6.45) is 8.61. The van der Waals surface area contributed by atoms with E-state index in [0.29, 0.717) is 30.4 Å². The molecule has 0 unspecified atom stereocenters. The van der Waals surface area contributed by atoms with Crippen LogP contribution in [0.2, 0.25) is 0 Å². The number of hydrogen-bond donors (Lipinski definition) is 3. The first-order valence-electron chi connectivity index (χ1n) is 16.1. The van der Waals surface area contributed by atoms with Crippen LogP contribution in [0.15, 0.2) is 42.6 Å². The van der Waals surface area contributed by atoms with E-state index in [4.69, 9.17) is 15.2 Å². The Morgan fingerprint density at radius 2 is 1.87 bits per heavy atom. The largest absolute Gasteiger partial charge is 0.494 e. The molecule has 248 valence electrons. The van der Waals surface area contributed by atoms with Crippen LogP contribution < -0.4 is 25.2 Å². The van der Waals surface area contributed by atoms with E-state index < -0.39 is 50.8 Å². The minimum atomic E-state index is -3.84. The number of benzene rings is 1. The van der Waals surface area contributed by atoms with Gasteiger partial charge in [0.25, 0.3) is 5.91 Å². The number of nitrogens with one attached hydrogen (secondary N) is 2. The molecule has 46 heavy (non-hydrogen) atoms. The van der Waals surface area contributed by atoms with Gasteiger partial charge in [0.05, 0.1) is 31.1 Å². The van der Waals surface area contributed by atoms with Crippen LogP contribution in [-0.4, -0.2) is 78.7 Å². The number of pyridine rings is 1. The van der Waals surface area contributed by atoms with Crippen LogP contribution in [0, 0.1) is 17.8 Å². The van der Waals surface area contributed by atoms with Gasteiger partial charge in [0.2, 0.25) is 27.7 Å². The van der Waals surface area contributed by atoms with Crippen molar-refractivity contribution in [2.24, 2.45) is 23.5 Å². The van der Waals surface area contributed by atoms with Crippen LogP contribution in [0.3, 0.4) is 0 Å². The molecule has 0 bridgehead atoms. The zero-order valence-corrected chi connectivity index (χ0v) is 27.3. The van der Waals surface area contributed by atoms with Crippen LogP contribution in [0.4, 0.5) is 0 Å². The Labute approximate surface area is 269 Å². The minimum absolute atomic E-state index is 0.0908. The highest BCUT2D eigenvalue weighted by Crippen LogP contribution is 2.46. The molecule has 4 N–H and O–H groups in total. The molecule has 13 heteroatoms. The Balaban J connectivity index is 1.30. The number of carbonyl (C=O) groups is 3. The number of aromatic nitrogens is 1. The molecule has 0 spiro atoms. The highest BCUT2D eigenvalue weighted by Gasteiger charge is 2.62. The summed E-state index contributed by atoms with van der Waals surface area (Å²) < 4.78 is 39.5. The number of nitrogens with two attached hydrogens (primary N) is 1. The number of ether oxygens (including phenoxy) is 2. The van der Waals surface area contributed by atoms with E-state index in [2.05, 4.69) is 21.9 Å². The predicted molar refractivity (Wildman–Crippen MR) is 171 cm³/mol. The maximum Gasteiger partial charge on any atom is 0.259 e. The Hall–Kier alpha value is -3.71. The fourth-order valence-electron chi connectivity index (χ4n) is 6.87. The number of amides is 3. The molecular weight excluding hydrogens is 610 g/mol. The lowest BCUT2D eigenvalue weighted by atomic mass is 9.88. The summed E-state index contributed by atoms with van der Waals surface area (Å²) in [7, 11) is -2.27. The van der Waals surface area contributed by atoms with Gasteiger partial charge < -0.3 is 25.4 Å². The van der Waals surface area contributed by atoms with Crippen LogP contribution in [-0.2, 0) is 24.4 Å². The third-order valence-electron chi connectivity index (χ3n) is 9.90. The molecular formula is C33H43N5O7S. The second-order valence-corrected chi connectivity index (χ2v) is 15.4. The predicted octanol–water partition coefficient (Wildman–Crippen LogP) is 2.41. The van der Waals surface area contributed by atoms with Crippen LogP contribution >= 0.6 is 0 Å². The molecule has 1 saturated heterocycles. The topological polar surface area (TPSA) is 170 Å². The van der Waals surface area contributed by atoms with E-state index in [-0.39, 0.29) is 37.1 Å². The third-order valence-corrected chi connectivity index (χ3v) is 11.7. The molecule has 2 aliphatic heterocycles. The van der Waals surface area contributed by atoms with E-state index in [1.807, 2.05) is 43.3 Å². The summed E-state index contributed by atoms with van der Waals surface area (Å²) in [6, 6.07) is 5.68. The van der Waals surface area contributed by atoms with Crippen LogP contribution in [0.1, 0.15) is 58.8 Å². The van der Waals surface area contributed by atoms with Gasteiger partial charge in [-0.15, -0.1) is 0 Å². The van der Waals surface area contributed by atoms with Gasteiger partial charge in [0.15, 0.2) is 0 Å². The maximum absolute atomic E-state index is 14.1. The SMILES string of the molecule is COc1cnc(O[C@@H]2C[C@H]3C(=O)N[C@]4(C(=O)NS(=O)(=O)C5CC5)C[C@H]4C=CCC[C@@H](C)C[C@@H](C)[C@H](N)C(=O)N3C2)c2ccccc12. The lowest BCUT2D eigenvalue weighted by Gasteiger charge is -2.30. The molecule has 1 aromatic heterocycles. The molecule has 4 aliphatic rings. The number of hydrogen-bond acceptors (Lipinski definition) is 9. The summed E-state index contributed by atoms with van der Waals surface area (Å²) in [6.45, 7) is 4.17. The molecule has 1 aromatic carbocycles. The number of fused-ring (bicyclic) bond motifs is 3. The lowest BCUT2D eigenvalue weighted by Crippen LogP contribution is -2.58. The number of methoxy groups -OCH3 is 1. The highest BCUT2D eigenvalue weighted by molar-refractivity contribution is 7.91. The van der Waals surface area contributed by atoms with E-state index >= 15 is 0 Å². The van der Waals surface area contributed by atoms with Crippen molar-refractivity contribution in [1.82, 2.24) is 19.9 Å². The fourth-order valence-corrected chi connectivity index (χ4v) is 8.24. The molecule has 2 aromatic rings. The van der Waals surface area contributed by atoms with Gasteiger partial charge in [-0.2, -0.15) is 0 Å². The lowest BCUT2D eigenvalue weighted by molar-refractivity contribution is -0.141. The average Bonchev–Trinajstić information content (AvgIpc) is 3.95. The van der Waals surface area contributed by atoms with E-state index in [0.717, 1.165) is 30.0 Å². The molecule has 7 atom stereocenters. The van der Waals surface area contributed by atoms with Crippen LogP contribution in [0.5, 0.6) is 11.6 Å². The van der Waals surface area contributed by atoms with Gasteiger partial charge >= 0.3 is 0 Å². The smallest absolute Gasteiger partial charge is 0.259 e. The van der Waals surface area contributed by atoms with E-state index in [1.165, 1.54) is 4.90 Å². The molecule has 12 nitrogen and oxygen atoms in total. The summed E-state index contributed by atoms with van der Waals surface area (Å²) >= 11 is 0. The normalized spacial score (nSPS) is 32.0. The second kappa shape index (κ2) is 12.5. The number of carbonyl (C=O) groups excluding carboxylic acids is 3. The third kappa shape index (κ3) is 6.31. The van der Waals surface area contributed by atoms with Crippen molar-refractivity contribution >= 4 is 38.5 Å². The number of sulfonamides is 1. The number of nitrogens with zero attached hydrogens (tertiary/aromatic N) is 2. The Bertz CT molecular complexity index is 1660. The van der Waals surface area contributed by atoms with Crippen molar-refractivity contribution in [3.05, 3.63) is 42.6 Å². The van der Waals surface area contributed by atoms with Crippen molar-refractivity contribution < 1.29 is 32.3 Å². The molecule has 3 heterocycles. The van der Waals surface area contributed by atoms with Gasteiger partial charge in [-0.05, 0) is 56.4 Å². The van der Waals surface area contributed by atoms with Crippen molar-refractivity contribution in [2.75, 3.05) is 13.7 Å². The monoisotopic (exact) mass is 653 g/mol. The van der Waals surface area contributed by atoms with Gasteiger partial charge in [-0.3, -0.25) is 19.1 Å². The zero-order chi connectivity index (χ0) is 32.8. The molecule has 2 saturated carbocycles. The van der Waals surface area contributed by atoms with Crippen molar-refractivity contribution in [3.8, 4) is 11.6 Å². The molecule has 6 rings (SSSR count). The zero-order valence-electron chi connectivity index (χ0n) is 26.5. The minimum Gasteiger partial charge on any atom is -0.494 e. The standard InChI is InChI=1S/C33H43N5O7S/c1-19-8-4-5-9-21-16-33(21,32(41)37-46(42,43)23-12-13-23)36-29(39)26-15-22(18-38(26)31(40)28(34)20(2)14-19)45-30-25-11-7-6-10-24(25)27(44-3)17-35-30/h5-7,9-11,17,19-23,26,28H,4,8,12-16,18,34H2,1-3H3,(H,36,39)(H,37,41)/t19-,20-,21-,22-,26+,28+,33-/m1/s1. The van der Waals surface area contributed by atoms with Crippen molar-refractivity contribution in [3.63, 3.8) is 0 Å². The van der Waals surface area contributed by atoms with Crippen LogP contribution in [0.25, 0.3) is 10.8 Å². The number of allylic oxidation sites excluding steroid dienone is 1. The quantitative estimate of drug-likeness (QED) is 0.396. The Morgan fingerprint density at radius 3 is 2.59 bits per heavy atom. The molecule has 0 radical (unpaired) electrons. The fraction of sp³-hybridized carbons (Fsp3) is 0.576. The summed E-state index contributed by atoms with van der Waals surface area (Å²) in [5.74, 6) is -0.950. The van der Waals surface area contributed by atoms with Gasteiger partial charge in [-0.25, -0.2) is 13.4 Å². The summed E-state index contributed by atoms with van der Waals surface area (Å²) in [4.78, 5) is 47.5. The first kappa shape index (κ1) is 32.2. The first-order valence-corrected chi connectivity index (χ1v) is 17.7. The summed E-state index contributed by atoms with van der Waals surface area (Å²) in [5, 5.41) is 3.83. The van der Waals surface area contributed by atoms with E-state index in [1.54, 1.807) is 13.3 Å². The highest BCUT2D eigenvalue weighted by atomic mass is 32.2. The second-order valence-electron chi connectivity index (χ2n) is 13.5. The molecule has 2 aliphatic carbocycles.